The summed E-state index contributed by atoms with van der Waals surface area (Å²) in [7, 11) is 1.90. The van der Waals surface area contributed by atoms with Gasteiger partial charge in [0, 0.05) is 22.3 Å². The second kappa shape index (κ2) is 7.48. The third-order valence-corrected chi connectivity index (χ3v) is 5.05. The SMILES string of the molecule is CN(Cc1sccc1Br)C(=O)C1CCNCC1.Cl. The molecule has 1 N–H and O–H groups in total. The molecule has 1 aromatic heterocycles. The molecule has 0 unspecified atom stereocenters. The van der Waals surface area contributed by atoms with E-state index in [1.807, 2.05) is 23.4 Å². The monoisotopic (exact) mass is 352 g/mol. The Hall–Kier alpha value is -0.100. The summed E-state index contributed by atoms with van der Waals surface area (Å²) in [4.78, 5) is 15.3. The van der Waals surface area contributed by atoms with Crippen molar-refractivity contribution in [1.29, 1.82) is 0 Å². The third kappa shape index (κ3) is 3.95. The van der Waals surface area contributed by atoms with Gasteiger partial charge in [-0.15, -0.1) is 23.7 Å². The zero-order valence-corrected chi connectivity index (χ0v) is 13.5. The number of carbonyl (C=O) groups excluding carboxylic acids is 1. The van der Waals surface area contributed by atoms with Crippen molar-refractivity contribution in [1.82, 2.24) is 10.2 Å². The fourth-order valence-electron chi connectivity index (χ4n) is 2.11. The highest BCUT2D eigenvalue weighted by Crippen LogP contribution is 2.25. The predicted molar refractivity (Wildman–Crippen MR) is 81.3 cm³/mol. The average Bonchev–Trinajstić information content (AvgIpc) is 2.75. The Morgan fingerprint density at radius 2 is 2.22 bits per heavy atom. The zero-order chi connectivity index (χ0) is 12.3. The van der Waals surface area contributed by atoms with Crippen LogP contribution in [0.3, 0.4) is 0 Å². The summed E-state index contributed by atoms with van der Waals surface area (Å²) in [6, 6.07) is 2.03. The number of carbonyl (C=O) groups is 1. The van der Waals surface area contributed by atoms with Gasteiger partial charge in [-0.25, -0.2) is 0 Å². The van der Waals surface area contributed by atoms with Gasteiger partial charge in [-0.2, -0.15) is 0 Å². The maximum absolute atomic E-state index is 12.2. The Bertz CT molecular complexity index is 393. The summed E-state index contributed by atoms with van der Waals surface area (Å²) in [6.45, 7) is 2.64. The van der Waals surface area contributed by atoms with E-state index in [0.29, 0.717) is 6.54 Å². The van der Waals surface area contributed by atoms with E-state index in [4.69, 9.17) is 0 Å². The molecule has 6 heteroatoms. The lowest BCUT2D eigenvalue weighted by molar-refractivity contribution is -0.135. The Morgan fingerprint density at radius 3 is 2.78 bits per heavy atom. The molecule has 1 amide bonds. The summed E-state index contributed by atoms with van der Waals surface area (Å²) < 4.78 is 1.10. The molecular formula is C12H18BrClN2OS. The van der Waals surface area contributed by atoms with E-state index in [1.54, 1.807) is 11.3 Å². The number of halogens is 2. The lowest BCUT2D eigenvalue weighted by atomic mass is 9.97. The third-order valence-electron chi connectivity index (χ3n) is 3.14. The van der Waals surface area contributed by atoms with Crippen LogP contribution in [0, 0.1) is 5.92 Å². The molecule has 2 heterocycles. The van der Waals surface area contributed by atoms with Crippen molar-refractivity contribution < 1.29 is 4.79 Å². The number of nitrogens with zero attached hydrogens (tertiary/aromatic N) is 1. The van der Waals surface area contributed by atoms with Gasteiger partial charge < -0.3 is 10.2 Å². The van der Waals surface area contributed by atoms with E-state index in [0.717, 1.165) is 30.4 Å². The van der Waals surface area contributed by atoms with Crippen LogP contribution in [0.1, 0.15) is 17.7 Å². The Kier molecular flexibility index (Phi) is 6.63. The van der Waals surface area contributed by atoms with Gasteiger partial charge in [0.05, 0.1) is 6.54 Å². The number of thiophene rings is 1. The van der Waals surface area contributed by atoms with Gasteiger partial charge in [0.15, 0.2) is 0 Å². The van der Waals surface area contributed by atoms with Crippen LogP contribution in [0.25, 0.3) is 0 Å². The van der Waals surface area contributed by atoms with Crippen molar-refractivity contribution in [2.45, 2.75) is 19.4 Å². The number of hydrogen-bond acceptors (Lipinski definition) is 3. The van der Waals surface area contributed by atoms with Crippen molar-refractivity contribution in [3.63, 3.8) is 0 Å². The Morgan fingerprint density at radius 1 is 1.56 bits per heavy atom. The zero-order valence-electron chi connectivity index (χ0n) is 10.3. The van der Waals surface area contributed by atoms with Crippen LogP contribution in [0.2, 0.25) is 0 Å². The molecule has 2 rings (SSSR count). The van der Waals surface area contributed by atoms with E-state index >= 15 is 0 Å². The second-order valence-electron chi connectivity index (χ2n) is 4.41. The molecule has 0 radical (unpaired) electrons. The summed E-state index contributed by atoms with van der Waals surface area (Å²) in [6.07, 6.45) is 1.93. The van der Waals surface area contributed by atoms with Crippen LogP contribution in [0.4, 0.5) is 0 Å². The van der Waals surface area contributed by atoms with Gasteiger partial charge >= 0.3 is 0 Å². The fourth-order valence-corrected chi connectivity index (χ4v) is 3.64. The molecule has 0 atom stereocenters. The van der Waals surface area contributed by atoms with Crippen molar-refractivity contribution in [2.24, 2.45) is 5.92 Å². The van der Waals surface area contributed by atoms with Crippen LogP contribution in [-0.4, -0.2) is 30.9 Å². The first-order chi connectivity index (χ1) is 8.18. The molecule has 0 spiro atoms. The molecule has 18 heavy (non-hydrogen) atoms. The molecule has 1 aliphatic heterocycles. The van der Waals surface area contributed by atoms with Crippen molar-refractivity contribution in [3.8, 4) is 0 Å². The minimum atomic E-state index is 0. The van der Waals surface area contributed by atoms with Crippen LogP contribution in [0.15, 0.2) is 15.9 Å². The van der Waals surface area contributed by atoms with Crippen molar-refractivity contribution in [3.05, 3.63) is 20.8 Å². The van der Waals surface area contributed by atoms with Crippen LogP contribution < -0.4 is 5.32 Å². The number of nitrogens with one attached hydrogen (secondary N) is 1. The lowest BCUT2D eigenvalue weighted by Gasteiger charge is -2.26. The summed E-state index contributed by atoms with van der Waals surface area (Å²) in [5.41, 5.74) is 0. The quantitative estimate of drug-likeness (QED) is 0.906. The lowest BCUT2D eigenvalue weighted by Crippen LogP contribution is -2.38. The van der Waals surface area contributed by atoms with E-state index < -0.39 is 0 Å². The van der Waals surface area contributed by atoms with Gasteiger partial charge in [0.1, 0.15) is 0 Å². The highest BCUT2D eigenvalue weighted by atomic mass is 79.9. The topological polar surface area (TPSA) is 32.3 Å². The molecule has 1 saturated heterocycles. The summed E-state index contributed by atoms with van der Waals surface area (Å²) in [5, 5.41) is 5.33. The molecule has 1 aromatic rings. The van der Waals surface area contributed by atoms with E-state index in [-0.39, 0.29) is 24.2 Å². The molecule has 0 aliphatic carbocycles. The number of hydrogen-bond donors (Lipinski definition) is 1. The Balaban J connectivity index is 0.00000162. The second-order valence-corrected chi connectivity index (χ2v) is 6.27. The predicted octanol–water partition coefficient (Wildman–Crippen LogP) is 2.89. The molecule has 0 bridgehead atoms. The molecule has 3 nitrogen and oxygen atoms in total. The van der Waals surface area contributed by atoms with E-state index in [2.05, 4.69) is 21.2 Å². The van der Waals surface area contributed by atoms with Crippen LogP contribution in [-0.2, 0) is 11.3 Å². The van der Waals surface area contributed by atoms with E-state index in [1.165, 1.54) is 4.88 Å². The fraction of sp³-hybridized carbons (Fsp3) is 0.583. The van der Waals surface area contributed by atoms with Crippen molar-refractivity contribution >= 4 is 45.6 Å². The van der Waals surface area contributed by atoms with Gasteiger partial charge in [0.2, 0.25) is 5.91 Å². The number of rotatable bonds is 3. The minimum absolute atomic E-state index is 0. The number of piperidine rings is 1. The average molecular weight is 354 g/mol. The smallest absolute Gasteiger partial charge is 0.225 e. The first kappa shape index (κ1) is 16.0. The van der Waals surface area contributed by atoms with Crippen molar-refractivity contribution in [2.75, 3.05) is 20.1 Å². The maximum atomic E-state index is 12.2. The Labute approximate surface area is 126 Å². The maximum Gasteiger partial charge on any atom is 0.225 e. The molecule has 0 aromatic carbocycles. The summed E-state index contributed by atoms with van der Waals surface area (Å²) >= 11 is 5.19. The molecule has 1 aliphatic rings. The molecular weight excluding hydrogens is 336 g/mol. The van der Waals surface area contributed by atoms with Gasteiger partial charge in [0.25, 0.3) is 0 Å². The van der Waals surface area contributed by atoms with Gasteiger partial charge in [-0.1, -0.05) is 0 Å². The largest absolute Gasteiger partial charge is 0.340 e. The molecule has 0 saturated carbocycles. The first-order valence-electron chi connectivity index (χ1n) is 5.86. The standard InChI is InChI=1S/C12H17BrN2OS.ClH/c1-15(8-11-10(13)4-7-17-11)12(16)9-2-5-14-6-3-9;/h4,7,9,14H,2-3,5-6,8H2,1H3;1H. The summed E-state index contributed by atoms with van der Waals surface area (Å²) in [5.74, 6) is 0.492. The highest BCUT2D eigenvalue weighted by molar-refractivity contribution is 9.10. The normalized spacial score (nSPS) is 16.1. The number of amides is 1. The molecule has 102 valence electrons. The van der Waals surface area contributed by atoms with Crippen LogP contribution >= 0.6 is 39.7 Å². The van der Waals surface area contributed by atoms with Gasteiger partial charge in [-0.3, -0.25) is 4.79 Å². The van der Waals surface area contributed by atoms with Gasteiger partial charge in [-0.05, 0) is 53.3 Å². The highest BCUT2D eigenvalue weighted by Gasteiger charge is 2.24. The molecule has 1 fully saturated rings. The minimum Gasteiger partial charge on any atom is -0.340 e. The van der Waals surface area contributed by atoms with E-state index in [9.17, 15) is 4.79 Å². The first-order valence-corrected chi connectivity index (χ1v) is 7.53. The van der Waals surface area contributed by atoms with Crippen LogP contribution in [0.5, 0.6) is 0 Å².